The van der Waals surface area contributed by atoms with Crippen LogP contribution in [0.1, 0.15) is 12.8 Å². The average Bonchev–Trinajstić information content (AvgIpc) is 3.18. The Bertz CT molecular complexity index is 888. The number of esters is 1. The molecule has 1 aromatic rings. The Morgan fingerprint density at radius 3 is 2.61 bits per heavy atom. The van der Waals surface area contributed by atoms with Gasteiger partial charge in [0.15, 0.2) is 0 Å². The highest BCUT2D eigenvalue weighted by atomic mass is 79.9. The zero-order valence-electron chi connectivity index (χ0n) is 15.2. The molecule has 0 spiro atoms. The standard InChI is InChI=1S/C18H21BrN2O6S/c1-3-11-9-18(11,17(23)26-2)21-16(22)15-8-13(10-20-15)27-28(24,25)14-6-4-12(19)5-7-14/h3-7,11,13,15,20H,1,8-10H2,2H3,(H,21,22)/t11-,13-,15-,18+/m0/s1. The van der Waals surface area contributed by atoms with E-state index >= 15 is 0 Å². The maximum Gasteiger partial charge on any atom is 0.332 e. The highest BCUT2D eigenvalue weighted by molar-refractivity contribution is 9.10. The molecule has 4 atom stereocenters. The van der Waals surface area contributed by atoms with Gasteiger partial charge in [0.1, 0.15) is 5.54 Å². The molecule has 0 unspecified atom stereocenters. The first-order valence-electron chi connectivity index (χ1n) is 8.67. The fraction of sp³-hybridized carbons (Fsp3) is 0.444. The van der Waals surface area contributed by atoms with E-state index in [9.17, 15) is 18.0 Å². The lowest BCUT2D eigenvalue weighted by Gasteiger charge is -2.19. The SMILES string of the molecule is C=C[C@H]1C[C@]1(NC(=O)[C@@H]1C[C@H](OS(=O)(=O)c2ccc(Br)cc2)CN1)C(=O)OC. The molecular weight excluding hydrogens is 452 g/mol. The fourth-order valence-electron chi connectivity index (χ4n) is 3.30. The number of nitrogens with one attached hydrogen (secondary N) is 2. The second-order valence-electron chi connectivity index (χ2n) is 6.82. The van der Waals surface area contributed by atoms with Crippen molar-refractivity contribution in [3.8, 4) is 0 Å². The quantitative estimate of drug-likeness (QED) is 0.347. The van der Waals surface area contributed by atoms with Crippen molar-refractivity contribution in [2.45, 2.75) is 35.4 Å². The Balaban J connectivity index is 1.60. The predicted molar refractivity (Wildman–Crippen MR) is 104 cm³/mol. The first kappa shape index (κ1) is 21.0. The largest absolute Gasteiger partial charge is 0.467 e. The van der Waals surface area contributed by atoms with E-state index in [-0.39, 0.29) is 23.8 Å². The lowest BCUT2D eigenvalue weighted by atomic mass is 10.1. The minimum atomic E-state index is -3.94. The number of carbonyl (C=O) groups is 2. The van der Waals surface area contributed by atoms with Crippen LogP contribution >= 0.6 is 15.9 Å². The lowest BCUT2D eigenvalue weighted by molar-refractivity contribution is -0.147. The summed E-state index contributed by atoms with van der Waals surface area (Å²) in [6.07, 6.45) is 1.51. The molecule has 2 fully saturated rings. The van der Waals surface area contributed by atoms with Gasteiger partial charge in [-0.1, -0.05) is 22.0 Å². The topological polar surface area (TPSA) is 111 Å². The zero-order chi connectivity index (χ0) is 20.5. The summed E-state index contributed by atoms with van der Waals surface area (Å²) >= 11 is 3.25. The molecule has 152 valence electrons. The molecule has 1 aliphatic heterocycles. The van der Waals surface area contributed by atoms with E-state index in [2.05, 4.69) is 33.1 Å². The Morgan fingerprint density at radius 1 is 1.36 bits per heavy atom. The third-order valence-electron chi connectivity index (χ3n) is 4.97. The molecule has 0 radical (unpaired) electrons. The maximum absolute atomic E-state index is 12.6. The molecule has 1 aromatic carbocycles. The molecule has 8 nitrogen and oxygen atoms in total. The van der Waals surface area contributed by atoms with Crippen LogP contribution in [-0.2, 0) is 28.6 Å². The molecule has 1 aliphatic carbocycles. The van der Waals surface area contributed by atoms with Crippen molar-refractivity contribution in [2.75, 3.05) is 13.7 Å². The van der Waals surface area contributed by atoms with Gasteiger partial charge in [0.25, 0.3) is 10.1 Å². The van der Waals surface area contributed by atoms with Crippen molar-refractivity contribution in [3.05, 3.63) is 41.4 Å². The fourth-order valence-corrected chi connectivity index (χ4v) is 4.65. The molecule has 1 saturated heterocycles. The molecule has 0 bridgehead atoms. The highest BCUT2D eigenvalue weighted by Gasteiger charge is 2.61. The van der Waals surface area contributed by atoms with Gasteiger partial charge in [-0.05, 0) is 30.7 Å². The molecule has 1 saturated carbocycles. The molecule has 3 rings (SSSR count). The summed E-state index contributed by atoms with van der Waals surface area (Å²) < 4.78 is 35.6. The average molecular weight is 473 g/mol. The normalized spacial score (nSPS) is 29.1. The lowest BCUT2D eigenvalue weighted by Crippen LogP contribution is -2.51. The summed E-state index contributed by atoms with van der Waals surface area (Å²) in [6.45, 7) is 3.86. The van der Waals surface area contributed by atoms with E-state index in [0.717, 1.165) is 4.47 Å². The first-order valence-corrected chi connectivity index (χ1v) is 10.9. The third-order valence-corrected chi connectivity index (χ3v) is 6.87. The van der Waals surface area contributed by atoms with Crippen molar-refractivity contribution in [3.63, 3.8) is 0 Å². The van der Waals surface area contributed by atoms with Gasteiger partial charge in [0.2, 0.25) is 5.91 Å². The first-order chi connectivity index (χ1) is 13.2. The minimum Gasteiger partial charge on any atom is -0.467 e. The highest BCUT2D eigenvalue weighted by Crippen LogP contribution is 2.45. The number of methoxy groups -OCH3 is 1. The summed E-state index contributed by atoms with van der Waals surface area (Å²) in [4.78, 5) is 24.7. The van der Waals surface area contributed by atoms with Crippen LogP contribution in [0.25, 0.3) is 0 Å². The minimum absolute atomic E-state index is 0.0417. The van der Waals surface area contributed by atoms with E-state index in [1.807, 2.05) is 0 Å². The van der Waals surface area contributed by atoms with Crippen molar-refractivity contribution < 1.29 is 26.9 Å². The van der Waals surface area contributed by atoms with Gasteiger partial charge in [-0.15, -0.1) is 6.58 Å². The summed E-state index contributed by atoms with van der Waals surface area (Å²) in [5.41, 5.74) is -1.09. The zero-order valence-corrected chi connectivity index (χ0v) is 17.6. The molecule has 0 aromatic heterocycles. The number of hydrogen-bond donors (Lipinski definition) is 2. The Hall–Kier alpha value is -1.75. The van der Waals surface area contributed by atoms with Gasteiger partial charge in [-0.25, -0.2) is 4.79 Å². The smallest absolute Gasteiger partial charge is 0.332 e. The Kier molecular flexibility index (Phi) is 5.95. The van der Waals surface area contributed by atoms with E-state index < -0.39 is 39.7 Å². The van der Waals surface area contributed by atoms with Crippen molar-refractivity contribution in [1.29, 1.82) is 0 Å². The number of amides is 1. The van der Waals surface area contributed by atoms with Gasteiger partial charge in [-0.3, -0.25) is 8.98 Å². The Labute approximate surface area is 171 Å². The summed E-state index contributed by atoms with van der Waals surface area (Å²) in [6, 6.07) is 5.43. The second kappa shape index (κ2) is 7.94. The third kappa shape index (κ3) is 4.14. The van der Waals surface area contributed by atoms with Crippen LogP contribution in [0.15, 0.2) is 46.3 Å². The molecule has 2 aliphatic rings. The van der Waals surface area contributed by atoms with E-state index in [4.69, 9.17) is 8.92 Å². The van der Waals surface area contributed by atoms with Crippen LogP contribution in [0.4, 0.5) is 0 Å². The van der Waals surface area contributed by atoms with Crippen molar-refractivity contribution in [1.82, 2.24) is 10.6 Å². The van der Waals surface area contributed by atoms with Crippen molar-refractivity contribution in [2.24, 2.45) is 5.92 Å². The van der Waals surface area contributed by atoms with Crippen LogP contribution < -0.4 is 10.6 Å². The van der Waals surface area contributed by atoms with E-state index in [1.54, 1.807) is 18.2 Å². The molecule has 1 heterocycles. The van der Waals surface area contributed by atoms with Gasteiger partial charge >= 0.3 is 5.97 Å². The molecule has 10 heteroatoms. The van der Waals surface area contributed by atoms with Crippen molar-refractivity contribution >= 4 is 37.9 Å². The number of rotatable bonds is 7. The maximum atomic E-state index is 12.6. The van der Waals surface area contributed by atoms with Gasteiger partial charge < -0.3 is 15.4 Å². The van der Waals surface area contributed by atoms with Gasteiger partial charge in [-0.2, -0.15) is 8.42 Å². The van der Waals surface area contributed by atoms with Gasteiger partial charge in [0.05, 0.1) is 24.2 Å². The number of hydrogen-bond acceptors (Lipinski definition) is 7. The molecule has 2 N–H and O–H groups in total. The molecule has 1 amide bonds. The monoisotopic (exact) mass is 472 g/mol. The van der Waals surface area contributed by atoms with Gasteiger partial charge in [0, 0.05) is 23.4 Å². The predicted octanol–water partition coefficient (Wildman–Crippen LogP) is 1.12. The summed E-state index contributed by atoms with van der Waals surface area (Å²) in [5.74, 6) is -1.11. The van der Waals surface area contributed by atoms with Crippen LogP contribution in [-0.4, -0.2) is 51.6 Å². The molecular formula is C18H21BrN2O6S. The summed E-state index contributed by atoms with van der Waals surface area (Å²) in [7, 11) is -2.68. The second-order valence-corrected chi connectivity index (χ2v) is 9.31. The summed E-state index contributed by atoms with van der Waals surface area (Å²) in [5, 5.41) is 5.67. The molecule has 28 heavy (non-hydrogen) atoms. The van der Waals surface area contributed by atoms with Crippen LogP contribution in [0.5, 0.6) is 0 Å². The van der Waals surface area contributed by atoms with Crippen LogP contribution in [0.3, 0.4) is 0 Å². The van der Waals surface area contributed by atoms with E-state index in [1.165, 1.54) is 19.2 Å². The Morgan fingerprint density at radius 2 is 2.04 bits per heavy atom. The van der Waals surface area contributed by atoms with Crippen LogP contribution in [0, 0.1) is 5.92 Å². The number of benzene rings is 1. The van der Waals surface area contributed by atoms with Crippen LogP contribution in [0.2, 0.25) is 0 Å². The van der Waals surface area contributed by atoms with E-state index in [0.29, 0.717) is 6.42 Å². The number of carbonyl (C=O) groups excluding carboxylic acids is 2. The number of ether oxygens (including phenoxy) is 1. The number of halogens is 1.